The second-order valence-electron chi connectivity index (χ2n) is 14.1. The third-order valence-corrected chi connectivity index (χ3v) is 11.3. The van der Waals surface area contributed by atoms with Crippen LogP contribution < -0.4 is 5.73 Å². The molecule has 7 nitrogen and oxygen atoms in total. The van der Waals surface area contributed by atoms with Gasteiger partial charge >= 0.3 is 5.97 Å². The highest BCUT2D eigenvalue weighted by Crippen LogP contribution is 2.29. The predicted molar refractivity (Wildman–Crippen MR) is 194 cm³/mol. The zero-order valence-corrected chi connectivity index (χ0v) is 30.9. The molecule has 0 aliphatic heterocycles. The maximum Gasteiger partial charge on any atom is 0.328 e. The minimum atomic E-state index is -4.95. The maximum absolute atomic E-state index is 11.7. The van der Waals surface area contributed by atoms with E-state index in [4.69, 9.17) is 5.73 Å². The summed E-state index contributed by atoms with van der Waals surface area (Å²) >= 11 is 0. The first-order valence-corrected chi connectivity index (χ1v) is 21.1. The molecule has 1 atom stereocenters. The monoisotopic (exact) mass is 674 g/mol. The Hall–Kier alpha value is -1.15. The SMILES string of the molecule is CCCCCCCCCCCCCCCCCCCCCCCCCCCCCCCCCCC(CC(N)=O)(C(=O)O)S(=O)(=O)O. The Kier molecular flexibility index (Phi) is 30.4. The molecule has 1 amide bonds. The predicted octanol–water partition coefficient (Wildman–Crippen LogP) is 11.5. The maximum atomic E-state index is 11.7. The molecule has 0 aromatic heterocycles. The van der Waals surface area contributed by atoms with Gasteiger partial charge in [-0.05, 0) is 6.42 Å². The van der Waals surface area contributed by atoms with Crippen molar-refractivity contribution in [1.29, 1.82) is 0 Å². The lowest BCUT2D eigenvalue weighted by molar-refractivity contribution is -0.142. The van der Waals surface area contributed by atoms with Crippen molar-refractivity contribution in [3.05, 3.63) is 0 Å². The summed E-state index contributed by atoms with van der Waals surface area (Å²) in [5.74, 6) is -2.79. The van der Waals surface area contributed by atoms with Gasteiger partial charge in [0.1, 0.15) is 0 Å². The van der Waals surface area contributed by atoms with Crippen LogP contribution in [0.25, 0.3) is 0 Å². The molecule has 46 heavy (non-hydrogen) atoms. The third-order valence-electron chi connectivity index (χ3n) is 9.78. The van der Waals surface area contributed by atoms with Gasteiger partial charge in [-0.25, -0.2) is 0 Å². The molecule has 274 valence electrons. The summed E-state index contributed by atoms with van der Waals surface area (Å²) in [6.07, 6.45) is 40.4. The zero-order chi connectivity index (χ0) is 34.2. The molecule has 0 aliphatic carbocycles. The van der Waals surface area contributed by atoms with E-state index in [1.807, 2.05) is 0 Å². The Bertz CT molecular complexity index is 818. The number of carbonyl (C=O) groups excluding carboxylic acids is 1. The number of primary amides is 1. The Morgan fingerprint density at radius 1 is 0.478 bits per heavy atom. The van der Waals surface area contributed by atoms with Crippen molar-refractivity contribution in [2.45, 2.75) is 230 Å². The van der Waals surface area contributed by atoms with Crippen molar-refractivity contribution < 1.29 is 27.7 Å². The molecule has 0 heterocycles. The minimum absolute atomic E-state index is 0.304. The van der Waals surface area contributed by atoms with E-state index in [1.54, 1.807) is 0 Å². The fourth-order valence-corrected chi connectivity index (χ4v) is 7.62. The normalized spacial score (nSPS) is 13.2. The second kappa shape index (κ2) is 31.1. The van der Waals surface area contributed by atoms with Crippen LogP contribution in [0.1, 0.15) is 225 Å². The lowest BCUT2D eigenvalue weighted by Gasteiger charge is -2.24. The van der Waals surface area contributed by atoms with Crippen LogP contribution in [0.3, 0.4) is 0 Å². The van der Waals surface area contributed by atoms with Gasteiger partial charge in [-0.15, -0.1) is 0 Å². The average molecular weight is 674 g/mol. The number of aliphatic carboxylic acids is 1. The van der Waals surface area contributed by atoms with Crippen molar-refractivity contribution in [2.24, 2.45) is 5.73 Å². The number of nitrogens with two attached hydrogens (primary N) is 1. The molecule has 0 aliphatic rings. The third kappa shape index (κ3) is 25.9. The van der Waals surface area contributed by atoms with E-state index in [0.29, 0.717) is 12.8 Å². The van der Waals surface area contributed by atoms with Crippen molar-refractivity contribution in [1.82, 2.24) is 0 Å². The highest BCUT2D eigenvalue weighted by atomic mass is 32.2. The smallest absolute Gasteiger partial charge is 0.328 e. The number of unbranched alkanes of at least 4 members (excludes halogenated alkanes) is 31. The largest absolute Gasteiger partial charge is 0.480 e. The Labute approximate surface area is 284 Å². The van der Waals surface area contributed by atoms with E-state index < -0.39 is 33.2 Å². The molecule has 0 radical (unpaired) electrons. The van der Waals surface area contributed by atoms with Gasteiger partial charge in [0, 0.05) is 0 Å². The number of rotatable bonds is 37. The molecule has 0 saturated carbocycles. The van der Waals surface area contributed by atoms with Crippen LogP contribution in [0.4, 0.5) is 0 Å². The van der Waals surface area contributed by atoms with Crippen molar-refractivity contribution >= 4 is 22.0 Å². The Balaban J connectivity index is 3.37. The second-order valence-corrected chi connectivity index (χ2v) is 15.9. The zero-order valence-electron chi connectivity index (χ0n) is 30.1. The van der Waals surface area contributed by atoms with Gasteiger partial charge in [0.25, 0.3) is 10.1 Å². The van der Waals surface area contributed by atoms with Crippen LogP contribution in [-0.2, 0) is 19.7 Å². The highest BCUT2D eigenvalue weighted by molar-refractivity contribution is 7.88. The van der Waals surface area contributed by atoms with E-state index in [0.717, 1.165) is 19.3 Å². The molecule has 0 spiro atoms. The quantitative estimate of drug-likeness (QED) is 0.0443. The fourth-order valence-electron chi connectivity index (χ4n) is 6.67. The van der Waals surface area contributed by atoms with Crippen molar-refractivity contribution in [2.75, 3.05) is 0 Å². The summed E-state index contributed by atoms with van der Waals surface area (Å²) in [4.78, 5) is 22.8. The summed E-state index contributed by atoms with van der Waals surface area (Å²) in [6, 6.07) is 0. The van der Waals surface area contributed by atoms with Crippen molar-refractivity contribution in [3.63, 3.8) is 0 Å². The lowest BCUT2D eigenvalue weighted by Crippen LogP contribution is -2.49. The van der Waals surface area contributed by atoms with Gasteiger partial charge < -0.3 is 10.8 Å². The number of amides is 1. The minimum Gasteiger partial charge on any atom is -0.480 e. The topological polar surface area (TPSA) is 135 Å². The molecule has 0 rings (SSSR count). The van der Waals surface area contributed by atoms with Gasteiger partial charge in [0.2, 0.25) is 10.7 Å². The lowest BCUT2D eigenvalue weighted by atomic mass is 9.95. The summed E-state index contributed by atoms with van der Waals surface area (Å²) in [7, 11) is -4.95. The van der Waals surface area contributed by atoms with E-state index in [2.05, 4.69) is 6.92 Å². The molecule has 0 aromatic carbocycles. The first kappa shape index (κ1) is 44.9. The average Bonchev–Trinajstić information content (AvgIpc) is 3.00. The molecule has 8 heteroatoms. The number of carbonyl (C=O) groups is 2. The molecule has 0 bridgehead atoms. The number of carboxylic acid groups (broad SMARTS) is 1. The van der Waals surface area contributed by atoms with Gasteiger partial charge in [0.05, 0.1) is 6.42 Å². The van der Waals surface area contributed by atoms with E-state index in [1.165, 1.54) is 173 Å². The summed E-state index contributed by atoms with van der Waals surface area (Å²) in [5, 5.41) is 9.38. The summed E-state index contributed by atoms with van der Waals surface area (Å²) < 4.78 is 30.3. The first-order valence-electron chi connectivity index (χ1n) is 19.7. The van der Waals surface area contributed by atoms with Crippen LogP contribution >= 0.6 is 0 Å². The van der Waals surface area contributed by atoms with E-state index >= 15 is 0 Å². The molecular formula is C38H75NO6S. The van der Waals surface area contributed by atoms with E-state index in [9.17, 15) is 27.7 Å². The van der Waals surface area contributed by atoms with E-state index in [-0.39, 0.29) is 6.42 Å². The number of hydrogen-bond donors (Lipinski definition) is 3. The van der Waals surface area contributed by atoms with Crippen LogP contribution in [0.2, 0.25) is 0 Å². The van der Waals surface area contributed by atoms with Crippen LogP contribution in [0, 0.1) is 0 Å². The standard InChI is InChI=1S/C38H75NO6S/c1-2-3-4-5-6-7-8-9-10-11-12-13-14-15-16-17-18-19-20-21-22-23-24-25-26-27-28-29-30-31-32-33-34-38(37(41)42,35-36(39)40)46(43,44)45/h2-35H2,1H3,(H2,39,40)(H,41,42)(H,43,44,45). The van der Waals surface area contributed by atoms with Gasteiger partial charge in [-0.1, -0.05) is 212 Å². The van der Waals surface area contributed by atoms with Crippen LogP contribution in [0.5, 0.6) is 0 Å². The molecule has 0 saturated heterocycles. The summed E-state index contributed by atoms with van der Waals surface area (Å²) in [5.41, 5.74) is 5.04. The highest BCUT2D eigenvalue weighted by Gasteiger charge is 2.51. The molecule has 1 unspecified atom stereocenters. The van der Waals surface area contributed by atoms with Crippen LogP contribution in [0.15, 0.2) is 0 Å². The molecule has 0 aromatic rings. The van der Waals surface area contributed by atoms with Crippen molar-refractivity contribution in [3.8, 4) is 0 Å². The fraction of sp³-hybridized carbons (Fsp3) is 0.947. The van der Waals surface area contributed by atoms with Gasteiger partial charge in [-0.3, -0.25) is 14.1 Å². The van der Waals surface area contributed by atoms with Gasteiger partial charge in [0.15, 0.2) is 0 Å². The molecule has 4 N–H and O–H groups in total. The Morgan fingerprint density at radius 3 is 0.870 bits per heavy atom. The molecular weight excluding hydrogens is 598 g/mol. The van der Waals surface area contributed by atoms with Crippen LogP contribution in [-0.4, -0.2) is 34.7 Å². The summed E-state index contributed by atoms with van der Waals surface area (Å²) in [6.45, 7) is 2.29. The number of carboxylic acids is 1. The van der Waals surface area contributed by atoms with Gasteiger partial charge in [-0.2, -0.15) is 8.42 Å². The first-order chi connectivity index (χ1) is 22.2. The molecule has 0 fully saturated rings. The Morgan fingerprint density at radius 2 is 0.696 bits per heavy atom. The number of hydrogen-bond acceptors (Lipinski definition) is 4.